The number of rotatable bonds is 2. The second-order valence-corrected chi connectivity index (χ2v) is 4.87. The van der Waals surface area contributed by atoms with Crippen molar-refractivity contribution in [3.63, 3.8) is 0 Å². The summed E-state index contributed by atoms with van der Waals surface area (Å²) < 4.78 is 3.99. The Bertz CT molecular complexity index is 255. The van der Waals surface area contributed by atoms with E-state index in [-0.39, 0.29) is 23.8 Å². The maximum atomic E-state index is 11.8. The molecule has 2 N–H and O–H groups in total. The lowest BCUT2D eigenvalue weighted by atomic mass is 9.78. The summed E-state index contributed by atoms with van der Waals surface area (Å²) in [7, 11) is 3.61. The van der Waals surface area contributed by atoms with Crippen molar-refractivity contribution in [3.8, 4) is 0 Å². The average molecular weight is 323 g/mol. The van der Waals surface area contributed by atoms with Gasteiger partial charge in [-0.15, -0.1) is 0 Å². The Morgan fingerprint density at radius 2 is 2.20 bits per heavy atom. The summed E-state index contributed by atoms with van der Waals surface area (Å²) in [6, 6.07) is 0.162. The average Bonchev–Trinajstić information content (AvgIpc) is 2.20. The van der Waals surface area contributed by atoms with Crippen molar-refractivity contribution in [3.05, 3.63) is 0 Å². The van der Waals surface area contributed by atoms with Crippen LogP contribution in [-0.4, -0.2) is 37.2 Å². The zero-order valence-electron chi connectivity index (χ0n) is 9.19. The number of hydrogen-bond donors (Lipinski definition) is 1. The Balaban J connectivity index is 2.61. The molecule has 3 atom stereocenters. The van der Waals surface area contributed by atoms with E-state index in [2.05, 4.69) is 3.21 Å². The van der Waals surface area contributed by atoms with Crippen LogP contribution in [0, 0.1) is 11.8 Å². The van der Waals surface area contributed by atoms with Crippen LogP contribution >= 0.6 is 22.9 Å². The monoisotopic (exact) mass is 323 g/mol. The van der Waals surface area contributed by atoms with Crippen molar-refractivity contribution in [2.24, 2.45) is 20.8 Å². The largest absolute Gasteiger partial charge is 0.349 e. The number of amides is 1. The van der Waals surface area contributed by atoms with E-state index in [0.29, 0.717) is 0 Å². The van der Waals surface area contributed by atoms with E-state index in [4.69, 9.17) is 5.73 Å². The van der Waals surface area contributed by atoms with Crippen LogP contribution in [0.2, 0.25) is 0 Å². The van der Waals surface area contributed by atoms with Gasteiger partial charge >= 0.3 is 0 Å². The van der Waals surface area contributed by atoms with Crippen LogP contribution < -0.4 is 5.73 Å². The number of halogens is 1. The van der Waals surface area contributed by atoms with Crippen LogP contribution in [0.1, 0.15) is 19.3 Å². The predicted octanol–water partition coefficient (Wildman–Crippen LogP) is 1.24. The van der Waals surface area contributed by atoms with Crippen LogP contribution in [0.5, 0.6) is 0 Å². The van der Waals surface area contributed by atoms with Gasteiger partial charge in [0.2, 0.25) is 5.91 Å². The van der Waals surface area contributed by atoms with Crippen molar-refractivity contribution in [1.29, 1.82) is 0 Å². The van der Waals surface area contributed by atoms with E-state index >= 15 is 0 Å². The van der Waals surface area contributed by atoms with Gasteiger partial charge in [-0.1, -0.05) is 0 Å². The summed E-state index contributed by atoms with van der Waals surface area (Å²) in [4.78, 5) is 13.5. The molecule has 1 aliphatic rings. The smallest absolute Gasteiger partial charge is 0.225 e. The molecular weight excluding hydrogens is 305 g/mol. The van der Waals surface area contributed by atoms with Crippen LogP contribution in [0.4, 0.5) is 0 Å². The third-order valence-corrected chi connectivity index (χ3v) is 3.31. The van der Waals surface area contributed by atoms with E-state index < -0.39 is 0 Å². The summed E-state index contributed by atoms with van der Waals surface area (Å²) in [5.41, 5.74) is 5.98. The molecule has 0 saturated heterocycles. The molecule has 0 aromatic carbocycles. The van der Waals surface area contributed by atoms with Gasteiger partial charge in [0.25, 0.3) is 0 Å². The molecule has 0 aliphatic heterocycles. The van der Waals surface area contributed by atoms with Crippen molar-refractivity contribution in [1.82, 2.24) is 4.90 Å². The summed E-state index contributed by atoms with van der Waals surface area (Å²) in [6.07, 6.45) is 4.53. The zero-order valence-corrected chi connectivity index (χ0v) is 11.3. The summed E-state index contributed by atoms with van der Waals surface area (Å²) >= 11 is 1.96. The first kappa shape index (κ1) is 12.9. The minimum absolute atomic E-state index is 0.124. The van der Waals surface area contributed by atoms with Gasteiger partial charge in [-0.05, 0) is 19.3 Å². The zero-order chi connectivity index (χ0) is 11.4. The molecule has 1 unspecified atom stereocenters. The lowest BCUT2D eigenvalue weighted by Crippen LogP contribution is -2.41. The molecule has 1 rings (SSSR count). The van der Waals surface area contributed by atoms with E-state index in [9.17, 15) is 4.79 Å². The van der Waals surface area contributed by atoms with E-state index in [1.807, 2.05) is 29.1 Å². The molecule has 86 valence electrons. The minimum atomic E-state index is 0.124. The van der Waals surface area contributed by atoms with Crippen molar-refractivity contribution in [2.75, 3.05) is 14.1 Å². The van der Waals surface area contributed by atoms with E-state index in [0.717, 1.165) is 19.3 Å². The molecule has 0 spiro atoms. The number of carbonyl (C=O) groups excluding carboxylic acids is 1. The molecular formula is C10H18IN3O. The molecule has 0 bridgehead atoms. The predicted molar refractivity (Wildman–Crippen MR) is 70.0 cm³/mol. The molecule has 1 amide bonds. The topological polar surface area (TPSA) is 58.7 Å². The molecule has 0 aromatic rings. The lowest BCUT2D eigenvalue weighted by Gasteiger charge is -2.32. The fraction of sp³-hybridized carbons (Fsp3) is 0.800. The maximum Gasteiger partial charge on any atom is 0.225 e. The van der Waals surface area contributed by atoms with Gasteiger partial charge in [-0.2, -0.15) is 0 Å². The third kappa shape index (κ3) is 3.41. The van der Waals surface area contributed by atoms with Gasteiger partial charge in [0.15, 0.2) is 0 Å². The summed E-state index contributed by atoms with van der Waals surface area (Å²) in [5.74, 6) is 0.595. The summed E-state index contributed by atoms with van der Waals surface area (Å²) in [6.45, 7) is 0. The highest BCUT2D eigenvalue weighted by Crippen LogP contribution is 2.28. The first-order chi connectivity index (χ1) is 7.06. The second-order valence-electron chi connectivity index (χ2n) is 4.32. The highest BCUT2D eigenvalue weighted by Gasteiger charge is 2.31. The molecule has 0 heterocycles. The number of nitrogens with two attached hydrogens (primary N) is 1. The van der Waals surface area contributed by atoms with Gasteiger partial charge < -0.3 is 10.6 Å². The lowest BCUT2D eigenvalue weighted by molar-refractivity contribution is -0.134. The molecule has 5 heteroatoms. The highest BCUT2D eigenvalue weighted by atomic mass is 127. The Labute approximate surface area is 105 Å². The second kappa shape index (κ2) is 5.79. The first-order valence-corrected chi connectivity index (χ1v) is 6.14. The number of hydrogen-bond acceptors (Lipinski definition) is 3. The van der Waals surface area contributed by atoms with Crippen molar-refractivity contribution in [2.45, 2.75) is 25.3 Å². The van der Waals surface area contributed by atoms with Gasteiger partial charge in [0, 0.05) is 38.2 Å². The molecule has 0 radical (unpaired) electrons. The van der Waals surface area contributed by atoms with Crippen LogP contribution in [0.15, 0.2) is 3.21 Å². The van der Waals surface area contributed by atoms with Gasteiger partial charge in [-0.3, -0.25) is 4.79 Å². The van der Waals surface area contributed by atoms with Crippen LogP contribution in [0.3, 0.4) is 0 Å². The fourth-order valence-corrected chi connectivity index (χ4v) is 2.48. The minimum Gasteiger partial charge on any atom is -0.349 e. The molecule has 15 heavy (non-hydrogen) atoms. The quantitative estimate of drug-likeness (QED) is 0.614. The molecule has 1 saturated carbocycles. The SMILES string of the molecule is CN(C)C(=O)[C@H]1CC[C@H](N)C(C=NI)C1. The third-order valence-electron chi connectivity index (χ3n) is 2.99. The van der Waals surface area contributed by atoms with E-state index in [1.54, 1.807) is 19.0 Å². The fourth-order valence-electron chi connectivity index (χ4n) is 2.06. The highest BCUT2D eigenvalue weighted by molar-refractivity contribution is 14.1. The molecule has 1 aliphatic carbocycles. The Morgan fingerprint density at radius 3 is 2.73 bits per heavy atom. The Kier molecular flexibility index (Phi) is 4.98. The Hall–Kier alpha value is -0.170. The first-order valence-electron chi connectivity index (χ1n) is 5.17. The normalized spacial score (nSPS) is 31.9. The number of nitrogens with zero attached hydrogens (tertiary/aromatic N) is 2. The Morgan fingerprint density at radius 1 is 1.53 bits per heavy atom. The maximum absolute atomic E-state index is 11.8. The van der Waals surface area contributed by atoms with Crippen LogP contribution in [0.25, 0.3) is 0 Å². The molecule has 0 aromatic heterocycles. The standard InChI is InChI=1S/C10H18IN3O/c1-14(2)10(15)7-3-4-9(12)8(5-7)6-13-11/h6-9H,3-5,12H2,1-2H3/t7-,8?,9-/m0/s1. The number of carbonyl (C=O) groups is 1. The van der Waals surface area contributed by atoms with Crippen molar-refractivity contribution >= 4 is 35.0 Å². The molecule has 1 fully saturated rings. The van der Waals surface area contributed by atoms with Gasteiger partial charge in [0.05, 0.1) is 22.9 Å². The van der Waals surface area contributed by atoms with Gasteiger partial charge in [0.1, 0.15) is 0 Å². The summed E-state index contributed by atoms with van der Waals surface area (Å²) in [5, 5.41) is 0. The van der Waals surface area contributed by atoms with Crippen molar-refractivity contribution < 1.29 is 4.79 Å². The molecule has 4 nitrogen and oxygen atoms in total. The van der Waals surface area contributed by atoms with Gasteiger partial charge in [-0.25, -0.2) is 3.21 Å². The van der Waals surface area contributed by atoms with E-state index in [1.165, 1.54) is 0 Å². The van der Waals surface area contributed by atoms with Crippen LogP contribution in [-0.2, 0) is 4.79 Å².